The molecule has 0 aliphatic carbocycles. The van der Waals surface area contributed by atoms with Crippen molar-refractivity contribution in [2.45, 2.75) is 19.4 Å². The maximum atomic E-state index is 9.01. The van der Waals surface area contributed by atoms with Crippen molar-refractivity contribution in [3.8, 4) is 6.07 Å². The molecule has 0 saturated carbocycles. The number of nitrogens with two attached hydrogens (primary N) is 1. The van der Waals surface area contributed by atoms with Gasteiger partial charge < -0.3 is 15.0 Å². The Labute approximate surface area is 111 Å². The molecule has 0 bridgehead atoms. The smallest absolute Gasteiger partial charge is 0.201 e. The zero-order valence-corrected chi connectivity index (χ0v) is 10.8. The Balaban J connectivity index is 2.10. The first kappa shape index (κ1) is 12.0. The van der Waals surface area contributed by atoms with Gasteiger partial charge in [-0.1, -0.05) is 0 Å². The maximum absolute atomic E-state index is 9.01. The molecular formula is C14H16N4O. The van der Waals surface area contributed by atoms with Crippen LogP contribution >= 0.6 is 0 Å². The van der Waals surface area contributed by atoms with Gasteiger partial charge in [-0.15, -0.1) is 0 Å². The second kappa shape index (κ2) is 4.56. The summed E-state index contributed by atoms with van der Waals surface area (Å²) in [4.78, 5) is 4.37. The Morgan fingerprint density at radius 3 is 3.11 bits per heavy atom. The standard InChI is InChI=1S/C14H16N4O/c1-9(11-4-5-19-8-11)18-13-6-10(7-15)2-3-12(13)17-14(18)16/h2-3,6,9,11H,4-5,8H2,1H3,(H2,16,17). The minimum Gasteiger partial charge on any atom is -0.381 e. The first-order chi connectivity index (χ1) is 9.20. The van der Waals surface area contributed by atoms with Crippen molar-refractivity contribution in [2.75, 3.05) is 18.9 Å². The van der Waals surface area contributed by atoms with Gasteiger partial charge in [0, 0.05) is 18.6 Å². The SMILES string of the molecule is CC(C1CCOC1)n1c(N)nc2ccc(C#N)cc21. The van der Waals surface area contributed by atoms with Crippen molar-refractivity contribution in [3.63, 3.8) is 0 Å². The lowest BCUT2D eigenvalue weighted by molar-refractivity contribution is 0.176. The van der Waals surface area contributed by atoms with E-state index in [-0.39, 0.29) is 6.04 Å². The quantitative estimate of drug-likeness (QED) is 0.892. The number of anilines is 1. The molecular weight excluding hydrogens is 240 g/mol. The van der Waals surface area contributed by atoms with E-state index in [0.717, 1.165) is 30.7 Å². The fraction of sp³-hybridized carbons (Fsp3) is 0.429. The zero-order chi connectivity index (χ0) is 13.4. The lowest BCUT2D eigenvalue weighted by Gasteiger charge is -2.21. The Hall–Kier alpha value is -2.06. The minimum absolute atomic E-state index is 0.224. The summed E-state index contributed by atoms with van der Waals surface area (Å²) in [5.74, 6) is 0.954. The molecule has 1 aromatic heterocycles. The molecule has 2 aromatic rings. The topological polar surface area (TPSA) is 76.9 Å². The number of hydrogen-bond acceptors (Lipinski definition) is 4. The third kappa shape index (κ3) is 1.94. The van der Waals surface area contributed by atoms with Crippen LogP contribution in [0.5, 0.6) is 0 Å². The number of nitrogens with zero attached hydrogens (tertiary/aromatic N) is 3. The number of aromatic nitrogens is 2. The van der Waals surface area contributed by atoms with E-state index in [1.807, 2.05) is 16.7 Å². The normalized spacial score (nSPS) is 20.5. The zero-order valence-electron chi connectivity index (χ0n) is 10.8. The van der Waals surface area contributed by atoms with E-state index in [9.17, 15) is 0 Å². The first-order valence-corrected chi connectivity index (χ1v) is 6.46. The van der Waals surface area contributed by atoms with E-state index in [2.05, 4.69) is 18.0 Å². The lowest BCUT2D eigenvalue weighted by atomic mass is 10.0. The highest BCUT2D eigenvalue weighted by Crippen LogP contribution is 2.31. The average molecular weight is 256 g/mol. The molecule has 0 amide bonds. The molecule has 1 aliphatic heterocycles. The number of hydrogen-bond donors (Lipinski definition) is 1. The van der Waals surface area contributed by atoms with Crippen molar-refractivity contribution in [3.05, 3.63) is 23.8 Å². The predicted octanol–water partition coefficient (Wildman–Crippen LogP) is 2.09. The molecule has 1 fully saturated rings. The number of nitrogen functional groups attached to an aromatic ring is 1. The van der Waals surface area contributed by atoms with E-state index in [1.54, 1.807) is 6.07 Å². The molecule has 1 aliphatic rings. The fourth-order valence-electron chi connectivity index (χ4n) is 2.75. The number of imidazole rings is 1. The Bertz CT molecular complexity index is 649. The monoisotopic (exact) mass is 256 g/mol. The molecule has 98 valence electrons. The second-order valence-corrected chi connectivity index (χ2v) is 5.02. The van der Waals surface area contributed by atoms with E-state index in [4.69, 9.17) is 15.7 Å². The second-order valence-electron chi connectivity index (χ2n) is 5.02. The van der Waals surface area contributed by atoms with Gasteiger partial charge in [0.2, 0.25) is 5.95 Å². The summed E-state index contributed by atoms with van der Waals surface area (Å²) < 4.78 is 7.47. The van der Waals surface area contributed by atoms with Gasteiger partial charge in [0.25, 0.3) is 0 Å². The van der Waals surface area contributed by atoms with Gasteiger partial charge in [-0.05, 0) is 31.5 Å². The molecule has 1 saturated heterocycles. The number of fused-ring (bicyclic) bond motifs is 1. The first-order valence-electron chi connectivity index (χ1n) is 6.46. The highest BCUT2D eigenvalue weighted by Gasteiger charge is 2.26. The van der Waals surface area contributed by atoms with Crippen LogP contribution in [0.15, 0.2) is 18.2 Å². The van der Waals surface area contributed by atoms with Crippen LogP contribution in [0.3, 0.4) is 0 Å². The summed E-state index contributed by atoms with van der Waals surface area (Å²) in [5.41, 5.74) is 8.43. The summed E-state index contributed by atoms with van der Waals surface area (Å²) in [7, 11) is 0. The molecule has 1 aromatic carbocycles. The van der Waals surface area contributed by atoms with Crippen LogP contribution in [0.2, 0.25) is 0 Å². The summed E-state index contributed by atoms with van der Waals surface area (Å²) in [6.45, 7) is 3.71. The van der Waals surface area contributed by atoms with Crippen LogP contribution < -0.4 is 5.73 Å². The number of nitriles is 1. The summed E-state index contributed by atoms with van der Waals surface area (Å²) in [6.07, 6.45) is 1.04. The van der Waals surface area contributed by atoms with Crippen LogP contribution in [0.1, 0.15) is 24.9 Å². The molecule has 5 heteroatoms. The van der Waals surface area contributed by atoms with Crippen molar-refractivity contribution < 1.29 is 4.74 Å². The van der Waals surface area contributed by atoms with Crippen LogP contribution in [0.4, 0.5) is 5.95 Å². The third-order valence-electron chi connectivity index (χ3n) is 3.90. The van der Waals surface area contributed by atoms with Gasteiger partial charge in [0.15, 0.2) is 0 Å². The Morgan fingerprint density at radius 1 is 1.58 bits per heavy atom. The van der Waals surface area contributed by atoms with Gasteiger partial charge in [0.1, 0.15) is 0 Å². The van der Waals surface area contributed by atoms with Crippen LogP contribution in [0, 0.1) is 17.2 Å². The van der Waals surface area contributed by atoms with Crippen molar-refractivity contribution >= 4 is 17.0 Å². The molecule has 0 radical (unpaired) electrons. The van der Waals surface area contributed by atoms with Gasteiger partial charge in [-0.25, -0.2) is 4.98 Å². The molecule has 3 rings (SSSR count). The highest BCUT2D eigenvalue weighted by molar-refractivity contribution is 5.80. The summed E-state index contributed by atoms with van der Waals surface area (Å²) in [6, 6.07) is 7.85. The van der Waals surface area contributed by atoms with E-state index in [1.165, 1.54) is 0 Å². The van der Waals surface area contributed by atoms with E-state index in [0.29, 0.717) is 17.4 Å². The Kier molecular flexibility index (Phi) is 2.88. The minimum atomic E-state index is 0.224. The summed E-state index contributed by atoms with van der Waals surface area (Å²) >= 11 is 0. The maximum Gasteiger partial charge on any atom is 0.201 e. The predicted molar refractivity (Wildman–Crippen MR) is 72.5 cm³/mol. The molecule has 0 spiro atoms. The average Bonchev–Trinajstić information content (AvgIpc) is 3.03. The largest absolute Gasteiger partial charge is 0.381 e. The van der Waals surface area contributed by atoms with Crippen molar-refractivity contribution in [1.82, 2.24) is 9.55 Å². The van der Waals surface area contributed by atoms with E-state index < -0.39 is 0 Å². The van der Waals surface area contributed by atoms with Crippen molar-refractivity contribution in [1.29, 1.82) is 5.26 Å². The van der Waals surface area contributed by atoms with Gasteiger partial charge in [-0.3, -0.25) is 0 Å². The lowest BCUT2D eigenvalue weighted by Crippen LogP contribution is -2.18. The number of benzene rings is 1. The van der Waals surface area contributed by atoms with Crippen LogP contribution in [0.25, 0.3) is 11.0 Å². The number of rotatable bonds is 2. The number of ether oxygens (including phenoxy) is 1. The molecule has 2 unspecified atom stereocenters. The van der Waals surface area contributed by atoms with Crippen LogP contribution in [-0.2, 0) is 4.74 Å². The highest BCUT2D eigenvalue weighted by atomic mass is 16.5. The molecule has 2 atom stereocenters. The van der Waals surface area contributed by atoms with Gasteiger partial charge >= 0.3 is 0 Å². The Morgan fingerprint density at radius 2 is 2.42 bits per heavy atom. The van der Waals surface area contributed by atoms with Crippen molar-refractivity contribution in [2.24, 2.45) is 5.92 Å². The molecule has 2 N–H and O–H groups in total. The third-order valence-corrected chi connectivity index (χ3v) is 3.90. The molecule has 19 heavy (non-hydrogen) atoms. The molecule has 5 nitrogen and oxygen atoms in total. The van der Waals surface area contributed by atoms with E-state index >= 15 is 0 Å². The van der Waals surface area contributed by atoms with Gasteiger partial charge in [0.05, 0.1) is 29.3 Å². The van der Waals surface area contributed by atoms with Crippen LogP contribution in [-0.4, -0.2) is 22.8 Å². The van der Waals surface area contributed by atoms with Gasteiger partial charge in [-0.2, -0.15) is 5.26 Å². The fourth-order valence-corrected chi connectivity index (χ4v) is 2.75. The summed E-state index contributed by atoms with van der Waals surface area (Å²) in [5, 5.41) is 9.01. The molecule has 2 heterocycles.